The lowest BCUT2D eigenvalue weighted by atomic mass is 10.2. The number of nitro benzene ring substituents is 1. The lowest BCUT2D eigenvalue weighted by Gasteiger charge is -2.22. The van der Waals surface area contributed by atoms with E-state index in [2.05, 4.69) is 4.98 Å². The van der Waals surface area contributed by atoms with Crippen molar-refractivity contribution in [2.24, 2.45) is 0 Å². The summed E-state index contributed by atoms with van der Waals surface area (Å²) in [6.07, 6.45) is 2.83. The van der Waals surface area contributed by atoms with E-state index in [0.717, 1.165) is 6.07 Å². The third kappa shape index (κ3) is 5.57. The molecule has 11 nitrogen and oxygen atoms in total. The molecule has 0 atom stereocenters. The van der Waals surface area contributed by atoms with Gasteiger partial charge in [-0.3, -0.25) is 24.3 Å². The number of rotatable bonds is 8. The number of ether oxygens (including phenoxy) is 1. The molecule has 0 unspecified atom stereocenters. The van der Waals surface area contributed by atoms with Gasteiger partial charge in [0.05, 0.1) is 40.5 Å². The van der Waals surface area contributed by atoms with Gasteiger partial charge in [-0.1, -0.05) is 18.2 Å². The summed E-state index contributed by atoms with van der Waals surface area (Å²) in [6.45, 7) is -0.171. The molecule has 0 aliphatic heterocycles. The molecule has 1 amide bonds. The molecule has 0 aliphatic carbocycles. The Bertz CT molecular complexity index is 1730. The standard InChI is InChI=1S/C28H20N4O7/c33-26(17-30-18-29-25-9-2-1-8-24(25)27(30)34)31(16-23-7-4-14-38-23)20-10-12-22(13-11-20)39-28(35)19-5-3-6-21(15-19)32(36)37/h1-15,18H,16-17H2. The van der Waals surface area contributed by atoms with Gasteiger partial charge in [0.25, 0.3) is 11.2 Å². The smallest absolute Gasteiger partial charge is 0.343 e. The average Bonchev–Trinajstić information content (AvgIpc) is 3.47. The molecule has 0 fully saturated rings. The van der Waals surface area contributed by atoms with Crippen molar-refractivity contribution in [1.82, 2.24) is 9.55 Å². The lowest BCUT2D eigenvalue weighted by molar-refractivity contribution is -0.384. The van der Waals surface area contributed by atoms with Gasteiger partial charge in [0, 0.05) is 17.8 Å². The molecule has 5 rings (SSSR count). The van der Waals surface area contributed by atoms with Crippen molar-refractivity contribution in [3.05, 3.63) is 129 Å². The summed E-state index contributed by atoms with van der Waals surface area (Å²) >= 11 is 0. The average molecular weight is 524 g/mol. The van der Waals surface area contributed by atoms with Crippen molar-refractivity contribution < 1.29 is 23.7 Å². The third-order valence-electron chi connectivity index (χ3n) is 5.88. The van der Waals surface area contributed by atoms with E-state index in [9.17, 15) is 24.5 Å². The minimum atomic E-state index is -0.766. The second-order valence-corrected chi connectivity index (χ2v) is 8.44. The molecule has 2 aromatic heterocycles. The summed E-state index contributed by atoms with van der Waals surface area (Å²) in [6, 6.07) is 21.7. The number of esters is 1. The minimum Gasteiger partial charge on any atom is -0.467 e. The predicted octanol–water partition coefficient (Wildman–Crippen LogP) is 4.35. The minimum absolute atomic E-state index is 0.0253. The molecule has 0 bridgehead atoms. The monoisotopic (exact) mass is 524 g/mol. The van der Waals surface area contributed by atoms with E-state index in [1.165, 1.54) is 52.4 Å². The normalized spacial score (nSPS) is 10.8. The first kappa shape index (κ1) is 25.1. The van der Waals surface area contributed by atoms with Crippen molar-refractivity contribution in [3.63, 3.8) is 0 Å². The summed E-state index contributed by atoms with van der Waals surface area (Å²) in [5, 5.41) is 11.4. The van der Waals surface area contributed by atoms with Crippen LogP contribution >= 0.6 is 0 Å². The van der Waals surface area contributed by atoms with E-state index in [1.807, 2.05) is 0 Å². The Morgan fingerprint density at radius 2 is 1.79 bits per heavy atom. The van der Waals surface area contributed by atoms with E-state index in [0.29, 0.717) is 22.4 Å². The highest BCUT2D eigenvalue weighted by atomic mass is 16.6. The summed E-state index contributed by atoms with van der Waals surface area (Å²) in [5.41, 5.74) is 0.461. The molecular weight excluding hydrogens is 504 g/mol. The van der Waals surface area contributed by atoms with Crippen LogP contribution in [0.25, 0.3) is 10.9 Å². The zero-order valence-corrected chi connectivity index (χ0v) is 20.3. The number of furan rings is 1. The van der Waals surface area contributed by atoms with Crippen molar-refractivity contribution in [3.8, 4) is 5.75 Å². The van der Waals surface area contributed by atoms with Gasteiger partial charge in [0.15, 0.2) is 0 Å². The first-order chi connectivity index (χ1) is 18.9. The maximum absolute atomic E-state index is 13.4. The second kappa shape index (κ2) is 10.8. The third-order valence-corrected chi connectivity index (χ3v) is 5.88. The number of benzene rings is 3. The first-order valence-corrected chi connectivity index (χ1v) is 11.7. The van der Waals surface area contributed by atoms with Gasteiger partial charge in [-0.05, 0) is 54.6 Å². The van der Waals surface area contributed by atoms with Gasteiger partial charge in [-0.25, -0.2) is 9.78 Å². The van der Waals surface area contributed by atoms with E-state index in [4.69, 9.17) is 9.15 Å². The van der Waals surface area contributed by atoms with E-state index < -0.39 is 16.8 Å². The Kier molecular flexibility index (Phi) is 6.95. The largest absolute Gasteiger partial charge is 0.467 e. The van der Waals surface area contributed by atoms with Gasteiger partial charge in [0.1, 0.15) is 18.1 Å². The van der Waals surface area contributed by atoms with Gasteiger partial charge in [0.2, 0.25) is 5.91 Å². The molecule has 2 heterocycles. The number of hydrogen-bond acceptors (Lipinski definition) is 8. The number of carbonyl (C=O) groups is 2. The zero-order chi connectivity index (χ0) is 27.4. The van der Waals surface area contributed by atoms with Crippen LogP contribution in [0.1, 0.15) is 16.1 Å². The molecule has 0 saturated heterocycles. The Labute approximate surface area is 220 Å². The summed E-state index contributed by atoms with van der Waals surface area (Å²) in [5.74, 6) is -0.464. The molecule has 0 saturated carbocycles. The molecule has 0 spiro atoms. The van der Waals surface area contributed by atoms with Crippen LogP contribution in [0.15, 0.2) is 107 Å². The highest BCUT2D eigenvalue weighted by molar-refractivity contribution is 5.94. The number of anilines is 1. The van der Waals surface area contributed by atoms with Crippen LogP contribution in [0.3, 0.4) is 0 Å². The summed E-state index contributed by atoms with van der Waals surface area (Å²) in [4.78, 5) is 54.9. The van der Waals surface area contributed by atoms with Crippen molar-refractivity contribution in [1.29, 1.82) is 0 Å². The fourth-order valence-electron chi connectivity index (χ4n) is 3.94. The van der Waals surface area contributed by atoms with Crippen LogP contribution in [0.5, 0.6) is 5.75 Å². The van der Waals surface area contributed by atoms with Crippen LogP contribution in [-0.4, -0.2) is 26.4 Å². The number of nitro groups is 1. The SMILES string of the molecule is O=C(Oc1ccc(N(Cc2ccco2)C(=O)Cn2cnc3ccccc3c2=O)cc1)c1cccc([N+](=O)[O-])c1. The molecule has 3 aromatic carbocycles. The Morgan fingerprint density at radius 3 is 2.54 bits per heavy atom. The van der Waals surface area contributed by atoms with E-state index in [1.54, 1.807) is 48.5 Å². The van der Waals surface area contributed by atoms with Crippen molar-refractivity contribution in [2.45, 2.75) is 13.1 Å². The molecule has 5 aromatic rings. The number of non-ortho nitro benzene ring substituents is 1. The molecule has 0 radical (unpaired) electrons. The fourth-order valence-corrected chi connectivity index (χ4v) is 3.94. The maximum Gasteiger partial charge on any atom is 0.343 e. The summed E-state index contributed by atoms with van der Waals surface area (Å²) < 4.78 is 12.0. The van der Waals surface area contributed by atoms with Crippen LogP contribution in [0.4, 0.5) is 11.4 Å². The number of aromatic nitrogens is 2. The Morgan fingerprint density at radius 1 is 1.00 bits per heavy atom. The van der Waals surface area contributed by atoms with Crippen LogP contribution in [0.2, 0.25) is 0 Å². The number of fused-ring (bicyclic) bond motifs is 1. The first-order valence-electron chi connectivity index (χ1n) is 11.7. The van der Waals surface area contributed by atoms with E-state index >= 15 is 0 Å². The number of nitrogens with zero attached hydrogens (tertiary/aromatic N) is 4. The molecule has 0 N–H and O–H groups in total. The number of hydrogen-bond donors (Lipinski definition) is 0. The Balaban J connectivity index is 1.37. The number of amides is 1. The van der Waals surface area contributed by atoms with Crippen molar-refractivity contribution >= 4 is 34.2 Å². The molecule has 0 aliphatic rings. The zero-order valence-electron chi connectivity index (χ0n) is 20.3. The Hall–Kier alpha value is -5.58. The highest BCUT2D eigenvalue weighted by Crippen LogP contribution is 2.23. The van der Waals surface area contributed by atoms with Crippen molar-refractivity contribution in [2.75, 3.05) is 4.90 Å². The maximum atomic E-state index is 13.4. The second-order valence-electron chi connectivity index (χ2n) is 8.44. The lowest BCUT2D eigenvalue weighted by Crippen LogP contribution is -2.36. The quantitative estimate of drug-likeness (QED) is 0.126. The van der Waals surface area contributed by atoms with Gasteiger partial charge < -0.3 is 14.1 Å². The highest BCUT2D eigenvalue weighted by Gasteiger charge is 2.20. The fraction of sp³-hybridized carbons (Fsp3) is 0.0714. The predicted molar refractivity (Wildman–Crippen MR) is 140 cm³/mol. The van der Waals surface area contributed by atoms with Gasteiger partial charge in [-0.2, -0.15) is 0 Å². The summed E-state index contributed by atoms with van der Waals surface area (Å²) in [7, 11) is 0. The molecule has 39 heavy (non-hydrogen) atoms. The van der Waals surface area contributed by atoms with Gasteiger partial charge in [-0.15, -0.1) is 0 Å². The van der Waals surface area contributed by atoms with Crippen LogP contribution in [0, 0.1) is 10.1 Å². The number of carbonyl (C=O) groups excluding carboxylic acids is 2. The van der Waals surface area contributed by atoms with Gasteiger partial charge >= 0.3 is 5.97 Å². The van der Waals surface area contributed by atoms with Crippen LogP contribution in [-0.2, 0) is 17.9 Å². The number of para-hydroxylation sites is 1. The molecule has 194 valence electrons. The van der Waals surface area contributed by atoms with E-state index in [-0.39, 0.29) is 35.6 Å². The molecular formula is C28H20N4O7. The van der Waals surface area contributed by atoms with Crippen LogP contribution < -0.4 is 15.2 Å². The topological polar surface area (TPSA) is 138 Å². The molecule has 11 heteroatoms.